The van der Waals surface area contributed by atoms with E-state index < -0.39 is 5.97 Å². The number of amides is 2. The highest BCUT2D eigenvalue weighted by Crippen LogP contribution is 1.95. The number of carboxylic acid groups (broad SMARTS) is 1. The van der Waals surface area contributed by atoms with Crippen molar-refractivity contribution in [2.45, 2.75) is 25.8 Å². The van der Waals surface area contributed by atoms with Gasteiger partial charge in [0, 0.05) is 24.8 Å². The minimum absolute atomic E-state index is 0.0840. The molecule has 88 valence electrons. The van der Waals surface area contributed by atoms with Crippen LogP contribution in [0.15, 0.2) is 0 Å². The van der Waals surface area contributed by atoms with E-state index in [0.717, 1.165) is 5.75 Å². The first-order valence-electron chi connectivity index (χ1n) is 4.81. The molecule has 0 spiro atoms. The Hall–Kier alpha value is -0.910. The molecule has 0 aromatic heterocycles. The van der Waals surface area contributed by atoms with Crippen molar-refractivity contribution < 1.29 is 14.7 Å². The molecular weight excluding hydrogens is 216 g/mol. The summed E-state index contributed by atoms with van der Waals surface area (Å²) >= 11 is 1.66. The molecule has 1 unspecified atom stereocenters. The Morgan fingerprint density at radius 1 is 1.47 bits per heavy atom. The van der Waals surface area contributed by atoms with Gasteiger partial charge in [-0.2, -0.15) is 11.8 Å². The van der Waals surface area contributed by atoms with E-state index >= 15 is 0 Å². The number of aliphatic carboxylic acids is 1. The first kappa shape index (κ1) is 14.1. The molecule has 0 radical (unpaired) electrons. The maximum atomic E-state index is 11.2. The zero-order chi connectivity index (χ0) is 11.7. The fourth-order valence-electron chi connectivity index (χ4n) is 1.01. The van der Waals surface area contributed by atoms with Crippen LogP contribution in [0, 0.1) is 0 Å². The number of thioether (sulfide) groups is 1. The molecule has 6 heteroatoms. The Morgan fingerprint density at radius 2 is 2.13 bits per heavy atom. The lowest BCUT2D eigenvalue weighted by Crippen LogP contribution is -2.42. The van der Waals surface area contributed by atoms with E-state index in [4.69, 9.17) is 5.11 Å². The lowest BCUT2D eigenvalue weighted by molar-refractivity contribution is -0.137. The lowest BCUT2D eigenvalue weighted by Gasteiger charge is -2.12. The molecule has 0 saturated heterocycles. The largest absolute Gasteiger partial charge is 0.481 e. The van der Waals surface area contributed by atoms with Gasteiger partial charge in [0.15, 0.2) is 0 Å². The molecule has 0 bridgehead atoms. The van der Waals surface area contributed by atoms with E-state index in [1.165, 1.54) is 0 Å². The van der Waals surface area contributed by atoms with Gasteiger partial charge in [0.1, 0.15) is 0 Å². The molecule has 3 N–H and O–H groups in total. The summed E-state index contributed by atoms with van der Waals surface area (Å²) in [5.74, 6) is 0.0238. The van der Waals surface area contributed by atoms with Crippen LogP contribution in [0.1, 0.15) is 19.8 Å². The van der Waals surface area contributed by atoms with Crippen LogP contribution in [-0.2, 0) is 4.79 Å². The number of rotatable bonds is 7. The van der Waals surface area contributed by atoms with Crippen LogP contribution < -0.4 is 10.6 Å². The highest BCUT2D eigenvalue weighted by Gasteiger charge is 2.05. The summed E-state index contributed by atoms with van der Waals surface area (Å²) in [6.07, 6.45) is 2.52. The van der Waals surface area contributed by atoms with Gasteiger partial charge < -0.3 is 15.7 Å². The molecule has 0 fully saturated rings. The van der Waals surface area contributed by atoms with Crippen molar-refractivity contribution >= 4 is 23.8 Å². The highest BCUT2D eigenvalue weighted by atomic mass is 32.2. The average Bonchev–Trinajstić information content (AvgIpc) is 2.12. The van der Waals surface area contributed by atoms with E-state index in [-0.39, 0.29) is 18.5 Å². The zero-order valence-electron chi connectivity index (χ0n) is 9.08. The van der Waals surface area contributed by atoms with Gasteiger partial charge in [-0.25, -0.2) is 4.79 Å². The highest BCUT2D eigenvalue weighted by molar-refractivity contribution is 7.98. The number of hydrogen-bond acceptors (Lipinski definition) is 3. The summed E-state index contributed by atoms with van der Waals surface area (Å²) < 4.78 is 0. The van der Waals surface area contributed by atoms with Crippen LogP contribution in [0.25, 0.3) is 0 Å². The van der Waals surface area contributed by atoms with E-state index in [1.54, 1.807) is 11.8 Å². The van der Waals surface area contributed by atoms with Crippen molar-refractivity contribution in [3.8, 4) is 0 Å². The van der Waals surface area contributed by atoms with Gasteiger partial charge in [-0.05, 0) is 19.6 Å². The molecule has 1 atom stereocenters. The topological polar surface area (TPSA) is 78.4 Å². The van der Waals surface area contributed by atoms with Crippen molar-refractivity contribution in [1.29, 1.82) is 0 Å². The number of hydrogen-bond donors (Lipinski definition) is 3. The lowest BCUT2D eigenvalue weighted by atomic mass is 10.3. The average molecular weight is 234 g/mol. The molecule has 0 rings (SSSR count). The second kappa shape index (κ2) is 8.40. The van der Waals surface area contributed by atoms with Crippen molar-refractivity contribution in [3.05, 3.63) is 0 Å². The van der Waals surface area contributed by atoms with Gasteiger partial charge in [0.25, 0.3) is 0 Å². The van der Waals surface area contributed by atoms with Crippen LogP contribution in [0.5, 0.6) is 0 Å². The molecule has 0 saturated carbocycles. The molecule has 0 aliphatic carbocycles. The molecule has 0 aliphatic heterocycles. The van der Waals surface area contributed by atoms with Crippen molar-refractivity contribution in [2.75, 3.05) is 18.6 Å². The van der Waals surface area contributed by atoms with Gasteiger partial charge in [-0.15, -0.1) is 0 Å². The summed E-state index contributed by atoms with van der Waals surface area (Å²) in [6, 6.07) is -0.110. The SMILES string of the molecule is CSCC(C)NC(=O)NCCCC(=O)O. The number of nitrogens with one attached hydrogen (secondary N) is 2. The Morgan fingerprint density at radius 3 is 2.67 bits per heavy atom. The predicted molar refractivity (Wildman–Crippen MR) is 61.2 cm³/mol. The Bertz CT molecular complexity index is 212. The standard InChI is InChI=1S/C9H18N2O3S/c1-7(6-15-2)11-9(14)10-5-3-4-8(12)13/h7H,3-6H2,1-2H3,(H,12,13)(H2,10,11,14). The first-order valence-corrected chi connectivity index (χ1v) is 6.20. The molecule has 2 amide bonds. The van der Waals surface area contributed by atoms with E-state index in [2.05, 4.69) is 10.6 Å². The number of urea groups is 1. The zero-order valence-corrected chi connectivity index (χ0v) is 9.89. The normalized spacial score (nSPS) is 11.9. The van der Waals surface area contributed by atoms with E-state index in [9.17, 15) is 9.59 Å². The second-order valence-corrected chi connectivity index (χ2v) is 4.16. The summed E-state index contributed by atoms with van der Waals surface area (Å²) in [5.41, 5.74) is 0. The third-order valence-electron chi connectivity index (χ3n) is 1.65. The Balaban J connectivity index is 3.44. The fraction of sp³-hybridized carbons (Fsp3) is 0.778. The second-order valence-electron chi connectivity index (χ2n) is 3.25. The Labute approximate surface area is 94.0 Å². The summed E-state index contributed by atoms with van der Waals surface area (Å²) in [5, 5.41) is 13.7. The Kier molecular flexibility index (Phi) is 7.89. The van der Waals surface area contributed by atoms with Crippen molar-refractivity contribution in [3.63, 3.8) is 0 Å². The molecule has 0 aromatic rings. The molecule has 15 heavy (non-hydrogen) atoms. The van der Waals surface area contributed by atoms with Crippen LogP contribution in [0.4, 0.5) is 4.79 Å². The minimum atomic E-state index is -0.840. The van der Waals surface area contributed by atoms with Crippen LogP contribution in [0.3, 0.4) is 0 Å². The number of carbonyl (C=O) groups excluding carboxylic acids is 1. The van der Waals surface area contributed by atoms with E-state index in [1.807, 2.05) is 13.2 Å². The quantitative estimate of drug-likeness (QED) is 0.572. The summed E-state index contributed by atoms with van der Waals surface area (Å²) in [6.45, 7) is 2.32. The monoisotopic (exact) mass is 234 g/mol. The van der Waals surface area contributed by atoms with Crippen LogP contribution >= 0.6 is 11.8 Å². The molecular formula is C9H18N2O3S. The van der Waals surface area contributed by atoms with Crippen LogP contribution in [0.2, 0.25) is 0 Å². The molecule has 0 heterocycles. The predicted octanol–water partition coefficient (Wildman–Crippen LogP) is 0.902. The smallest absolute Gasteiger partial charge is 0.315 e. The van der Waals surface area contributed by atoms with Crippen molar-refractivity contribution in [2.24, 2.45) is 0 Å². The maximum Gasteiger partial charge on any atom is 0.315 e. The molecule has 0 aliphatic rings. The van der Waals surface area contributed by atoms with Crippen molar-refractivity contribution in [1.82, 2.24) is 10.6 Å². The number of carboxylic acids is 1. The fourth-order valence-corrected chi connectivity index (χ4v) is 1.59. The molecule has 5 nitrogen and oxygen atoms in total. The van der Waals surface area contributed by atoms with E-state index in [0.29, 0.717) is 13.0 Å². The van der Waals surface area contributed by atoms with Gasteiger partial charge in [-0.3, -0.25) is 4.79 Å². The van der Waals surface area contributed by atoms with Gasteiger partial charge in [0.2, 0.25) is 0 Å². The summed E-state index contributed by atoms with van der Waals surface area (Å²) in [7, 11) is 0. The first-order chi connectivity index (χ1) is 7.06. The third-order valence-corrected chi connectivity index (χ3v) is 2.48. The van der Waals surface area contributed by atoms with Gasteiger partial charge in [-0.1, -0.05) is 0 Å². The number of carbonyl (C=O) groups is 2. The van der Waals surface area contributed by atoms with Gasteiger partial charge in [0.05, 0.1) is 0 Å². The molecule has 0 aromatic carbocycles. The van der Waals surface area contributed by atoms with Crippen LogP contribution in [-0.4, -0.2) is 41.7 Å². The third kappa shape index (κ3) is 9.40. The maximum absolute atomic E-state index is 11.2. The summed E-state index contributed by atoms with van der Waals surface area (Å²) in [4.78, 5) is 21.4. The minimum Gasteiger partial charge on any atom is -0.481 e. The van der Waals surface area contributed by atoms with Gasteiger partial charge >= 0.3 is 12.0 Å².